The van der Waals surface area contributed by atoms with Gasteiger partial charge in [0.05, 0.1) is 25.9 Å². The van der Waals surface area contributed by atoms with Gasteiger partial charge in [0.15, 0.2) is 5.96 Å². The first-order valence-electron chi connectivity index (χ1n) is 7.56. The lowest BCUT2D eigenvalue weighted by molar-refractivity contribution is 0.397. The van der Waals surface area contributed by atoms with E-state index in [-0.39, 0.29) is 24.0 Å². The molecule has 2 aromatic rings. The first kappa shape index (κ1) is 20.2. The Morgan fingerprint density at radius 2 is 2.12 bits per heavy atom. The molecular weight excluding hydrogens is 421 g/mol. The second kappa shape index (κ2) is 10.1. The normalized spacial score (nSPS) is 10.9. The van der Waals surface area contributed by atoms with E-state index >= 15 is 0 Å². The van der Waals surface area contributed by atoms with E-state index in [4.69, 9.17) is 9.15 Å². The number of nitrogens with one attached hydrogen (secondary N) is 2. The highest BCUT2D eigenvalue weighted by Gasteiger charge is 2.06. The van der Waals surface area contributed by atoms with E-state index < -0.39 is 0 Å². The van der Waals surface area contributed by atoms with Gasteiger partial charge < -0.3 is 19.8 Å². The maximum atomic E-state index is 5.55. The van der Waals surface area contributed by atoms with E-state index in [9.17, 15) is 0 Å². The van der Waals surface area contributed by atoms with Crippen molar-refractivity contribution in [3.8, 4) is 5.88 Å². The number of rotatable bonds is 6. The number of hydrogen-bond acceptors (Lipinski definition) is 5. The lowest BCUT2D eigenvalue weighted by atomic mass is 10.3. The first-order valence-corrected chi connectivity index (χ1v) is 7.56. The molecule has 0 radical (unpaired) electrons. The Morgan fingerprint density at radius 3 is 2.75 bits per heavy atom. The van der Waals surface area contributed by atoms with E-state index in [1.807, 2.05) is 32.9 Å². The summed E-state index contributed by atoms with van der Waals surface area (Å²) in [5, 5.41) is 6.41. The number of halogens is 1. The topological polar surface area (TPSA) is 84.6 Å². The highest BCUT2D eigenvalue weighted by Crippen LogP contribution is 2.10. The fourth-order valence-electron chi connectivity index (χ4n) is 1.95. The summed E-state index contributed by atoms with van der Waals surface area (Å²) in [4.78, 5) is 13.0. The van der Waals surface area contributed by atoms with E-state index in [1.165, 1.54) is 0 Å². The molecule has 0 saturated carbocycles. The van der Waals surface area contributed by atoms with Crippen molar-refractivity contribution in [3.63, 3.8) is 0 Å². The zero-order chi connectivity index (χ0) is 16.7. The van der Waals surface area contributed by atoms with Crippen molar-refractivity contribution < 1.29 is 9.15 Å². The summed E-state index contributed by atoms with van der Waals surface area (Å²) in [6.45, 7) is 7.64. The molecule has 0 fully saturated rings. The molecule has 0 unspecified atom stereocenters. The number of ether oxygens (including phenoxy) is 1. The van der Waals surface area contributed by atoms with Crippen molar-refractivity contribution in [2.24, 2.45) is 4.99 Å². The number of aromatic nitrogens is 2. The third-order valence-corrected chi connectivity index (χ3v) is 3.25. The van der Waals surface area contributed by atoms with Crippen molar-refractivity contribution in [3.05, 3.63) is 41.2 Å². The van der Waals surface area contributed by atoms with Crippen LogP contribution in [-0.4, -0.2) is 29.6 Å². The minimum Gasteiger partial charge on any atom is -0.481 e. The number of guanidine groups is 1. The van der Waals surface area contributed by atoms with Gasteiger partial charge in [0.25, 0.3) is 0 Å². The Bertz CT molecular complexity index is 653. The summed E-state index contributed by atoms with van der Waals surface area (Å²) in [7, 11) is 1.60. The summed E-state index contributed by atoms with van der Waals surface area (Å²) in [6, 6.07) is 3.78. The highest BCUT2D eigenvalue weighted by atomic mass is 127. The molecule has 2 heterocycles. The van der Waals surface area contributed by atoms with Gasteiger partial charge >= 0.3 is 0 Å². The summed E-state index contributed by atoms with van der Waals surface area (Å²) in [5.41, 5.74) is 1.93. The predicted molar refractivity (Wildman–Crippen MR) is 104 cm³/mol. The SMILES string of the molecule is CCNC(=NCc1ccnc(OC)c1)NCc1nc(C)c(C)o1.I. The Hall–Kier alpha value is -1.84. The van der Waals surface area contributed by atoms with Crippen LogP contribution in [0, 0.1) is 13.8 Å². The van der Waals surface area contributed by atoms with Gasteiger partial charge in [-0.2, -0.15) is 0 Å². The quantitative estimate of drug-likeness (QED) is 0.404. The fourth-order valence-corrected chi connectivity index (χ4v) is 1.95. The molecule has 0 aromatic carbocycles. The average molecular weight is 445 g/mol. The Kier molecular flexibility index (Phi) is 8.51. The average Bonchev–Trinajstić information content (AvgIpc) is 2.88. The molecule has 0 aliphatic carbocycles. The summed E-state index contributed by atoms with van der Waals surface area (Å²) in [5.74, 6) is 2.78. The van der Waals surface area contributed by atoms with Crippen LogP contribution >= 0.6 is 24.0 Å². The molecule has 2 aromatic heterocycles. The zero-order valence-electron chi connectivity index (χ0n) is 14.4. The van der Waals surface area contributed by atoms with Crippen molar-refractivity contribution in [1.29, 1.82) is 0 Å². The monoisotopic (exact) mass is 445 g/mol. The number of nitrogens with zero attached hydrogens (tertiary/aromatic N) is 3. The summed E-state index contributed by atoms with van der Waals surface area (Å²) < 4.78 is 10.7. The standard InChI is InChI=1S/C16H23N5O2.HI/c1-5-17-16(20-10-15-21-11(2)12(3)23-15)19-9-13-6-7-18-14(8-13)22-4;/h6-8H,5,9-10H2,1-4H3,(H2,17,19,20);1H. The molecule has 0 aliphatic heterocycles. The van der Waals surface area contributed by atoms with Crippen LogP contribution in [0.3, 0.4) is 0 Å². The molecule has 7 nitrogen and oxygen atoms in total. The number of oxazole rings is 1. The van der Waals surface area contributed by atoms with E-state index in [1.54, 1.807) is 13.3 Å². The van der Waals surface area contributed by atoms with Crippen molar-refractivity contribution in [2.45, 2.75) is 33.9 Å². The van der Waals surface area contributed by atoms with E-state index in [0.29, 0.717) is 30.8 Å². The molecule has 0 spiro atoms. The van der Waals surface area contributed by atoms with Crippen LogP contribution in [-0.2, 0) is 13.1 Å². The van der Waals surface area contributed by atoms with Crippen LogP contribution in [0.25, 0.3) is 0 Å². The summed E-state index contributed by atoms with van der Waals surface area (Å²) >= 11 is 0. The second-order valence-electron chi connectivity index (χ2n) is 5.00. The number of methoxy groups -OCH3 is 1. The minimum atomic E-state index is 0. The predicted octanol–water partition coefficient (Wildman–Crippen LogP) is 2.57. The van der Waals surface area contributed by atoms with Crippen LogP contribution in [0.15, 0.2) is 27.7 Å². The Morgan fingerprint density at radius 1 is 1.33 bits per heavy atom. The number of aryl methyl sites for hydroxylation is 2. The van der Waals surface area contributed by atoms with Gasteiger partial charge in [-0.15, -0.1) is 24.0 Å². The van der Waals surface area contributed by atoms with Gasteiger partial charge in [0, 0.05) is 18.8 Å². The molecule has 0 saturated heterocycles. The molecule has 8 heteroatoms. The lowest BCUT2D eigenvalue weighted by Gasteiger charge is -2.10. The maximum Gasteiger partial charge on any atom is 0.214 e. The largest absolute Gasteiger partial charge is 0.481 e. The number of aliphatic imine (C=N–C) groups is 1. The van der Waals surface area contributed by atoms with Gasteiger partial charge in [-0.3, -0.25) is 0 Å². The number of hydrogen-bond donors (Lipinski definition) is 2. The van der Waals surface area contributed by atoms with Gasteiger partial charge in [0.1, 0.15) is 5.76 Å². The van der Waals surface area contributed by atoms with Gasteiger partial charge in [-0.05, 0) is 32.4 Å². The van der Waals surface area contributed by atoms with Crippen LogP contribution in [0.2, 0.25) is 0 Å². The van der Waals surface area contributed by atoms with Crippen molar-refractivity contribution in [1.82, 2.24) is 20.6 Å². The molecular formula is C16H24IN5O2. The van der Waals surface area contributed by atoms with Gasteiger partial charge in [-0.1, -0.05) is 0 Å². The fraction of sp³-hybridized carbons (Fsp3) is 0.438. The maximum absolute atomic E-state index is 5.55. The van der Waals surface area contributed by atoms with Gasteiger partial charge in [0.2, 0.25) is 11.8 Å². The molecule has 132 valence electrons. The molecule has 0 amide bonds. The third kappa shape index (κ3) is 5.99. The summed E-state index contributed by atoms with van der Waals surface area (Å²) in [6.07, 6.45) is 1.71. The molecule has 2 rings (SSSR count). The van der Waals surface area contributed by atoms with Crippen molar-refractivity contribution in [2.75, 3.05) is 13.7 Å². The first-order chi connectivity index (χ1) is 11.1. The van der Waals surface area contributed by atoms with E-state index in [0.717, 1.165) is 23.6 Å². The van der Waals surface area contributed by atoms with Crippen molar-refractivity contribution >= 4 is 29.9 Å². The van der Waals surface area contributed by atoms with Crippen LogP contribution in [0.5, 0.6) is 5.88 Å². The van der Waals surface area contributed by atoms with Crippen LogP contribution < -0.4 is 15.4 Å². The number of pyridine rings is 1. The minimum absolute atomic E-state index is 0. The highest BCUT2D eigenvalue weighted by molar-refractivity contribution is 14.0. The lowest BCUT2D eigenvalue weighted by Crippen LogP contribution is -2.36. The molecule has 0 atom stereocenters. The molecule has 0 bridgehead atoms. The molecule has 24 heavy (non-hydrogen) atoms. The Labute approximate surface area is 159 Å². The smallest absolute Gasteiger partial charge is 0.214 e. The third-order valence-electron chi connectivity index (χ3n) is 3.25. The van der Waals surface area contributed by atoms with Crippen LogP contribution in [0.1, 0.15) is 29.8 Å². The zero-order valence-corrected chi connectivity index (χ0v) is 16.8. The molecule has 0 aliphatic rings. The Balaban J connectivity index is 0.00000288. The van der Waals surface area contributed by atoms with E-state index in [2.05, 4.69) is 25.6 Å². The molecule has 2 N–H and O–H groups in total. The van der Waals surface area contributed by atoms with Gasteiger partial charge in [-0.25, -0.2) is 15.0 Å². The van der Waals surface area contributed by atoms with Crippen LogP contribution in [0.4, 0.5) is 0 Å². The second-order valence-corrected chi connectivity index (χ2v) is 5.00.